The van der Waals surface area contributed by atoms with Gasteiger partial charge in [-0.2, -0.15) is 5.26 Å². The quantitative estimate of drug-likeness (QED) is 0.674. The Bertz CT molecular complexity index is 795. The molecule has 0 spiro atoms. The fraction of sp³-hybridized carbons (Fsp3) is 0.0588. The second-order valence-corrected chi connectivity index (χ2v) is 5.03. The van der Waals surface area contributed by atoms with Crippen LogP contribution in [0.1, 0.15) is 11.1 Å². The number of rotatable bonds is 5. The van der Waals surface area contributed by atoms with Crippen LogP contribution in [-0.2, 0) is 4.79 Å². The largest absolute Gasteiger partial charge is 0.482 e. The number of carbonyl (C=O) groups excluding carboxylic acids is 1. The van der Waals surface area contributed by atoms with E-state index in [-0.39, 0.29) is 17.4 Å². The molecule has 0 saturated carbocycles. The van der Waals surface area contributed by atoms with Gasteiger partial charge in [0.25, 0.3) is 5.91 Å². The second kappa shape index (κ2) is 7.43. The van der Waals surface area contributed by atoms with Crippen molar-refractivity contribution in [1.82, 2.24) is 0 Å². The lowest BCUT2D eigenvalue weighted by atomic mass is 10.0. The molecule has 0 heterocycles. The Kier molecular flexibility index (Phi) is 5.34. The van der Waals surface area contributed by atoms with Gasteiger partial charge in [-0.25, -0.2) is 4.39 Å². The van der Waals surface area contributed by atoms with Gasteiger partial charge < -0.3 is 10.5 Å². The van der Waals surface area contributed by atoms with Gasteiger partial charge in [0.2, 0.25) is 0 Å². The van der Waals surface area contributed by atoms with Crippen molar-refractivity contribution in [2.45, 2.75) is 0 Å². The van der Waals surface area contributed by atoms with Gasteiger partial charge in [0, 0.05) is 0 Å². The summed E-state index contributed by atoms with van der Waals surface area (Å²) in [6, 6.07) is 12.5. The number of carbonyl (C=O) groups is 1. The summed E-state index contributed by atoms with van der Waals surface area (Å²) >= 11 is 6.07. The van der Waals surface area contributed by atoms with Crippen LogP contribution in [0.4, 0.5) is 4.39 Å². The molecule has 6 heteroatoms. The number of allylic oxidation sites excluding steroid dienone is 1. The van der Waals surface area contributed by atoms with Gasteiger partial charge in [-0.3, -0.25) is 4.79 Å². The normalized spacial score (nSPS) is 10.9. The van der Waals surface area contributed by atoms with E-state index in [0.29, 0.717) is 22.4 Å². The zero-order valence-electron chi connectivity index (χ0n) is 11.9. The number of nitriles is 1. The molecule has 2 aromatic rings. The third-order valence-corrected chi connectivity index (χ3v) is 3.21. The third kappa shape index (κ3) is 4.56. The van der Waals surface area contributed by atoms with Crippen molar-refractivity contribution in [3.8, 4) is 11.8 Å². The van der Waals surface area contributed by atoms with Crippen LogP contribution in [-0.4, -0.2) is 12.5 Å². The number of hydrogen-bond donors (Lipinski definition) is 1. The summed E-state index contributed by atoms with van der Waals surface area (Å²) in [6.07, 6.45) is 1.62. The summed E-state index contributed by atoms with van der Waals surface area (Å²) in [6.45, 7) is -0.270. The molecule has 116 valence electrons. The highest BCUT2D eigenvalue weighted by atomic mass is 35.5. The minimum absolute atomic E-state index is 0.270. The minimum atomic E-state index is -0.604. The number of hydrogen-bond acceptors (Lipinski definition) is 3. The molecule has 0 aliphatic carbocycles. The first-order chi connectivity index (χ1) is 11.0. The number of amides is 1. The molecule has 0 aliphatic heterocycles. The standard InChI is InChI=1S/C17H12ClFN2O2/c18-15-8-11(1-6-16(15)23-10-17(21)22)7-13(9-20)12-2-4-14(19)5-3-12/h1-8H,10H2,(H2,21,22). The molecule has 0 aromatic heterocycles. The van der Waals surface area contributed by atoms with Crippen molar-refractivity contribution in [2.75, 3.05) is 6.61 Å². The molecular formula is C17H12ClFN2O2. The highest BCUT2D eigenvalue weighted by Gasteiger charge is 2.06. The summed E-state index contributed by atoms with van der Waals surface area (Å²) in [5, 5.41) is 9.55. The average Bonchev–Trinajstić information content (AvgIpc) is 2.52. The van der Waals surface area contributed by atoms with E-state index in [4.69, 9.17) is 22.1 Å². The number of nitrogens with two attached hydrogens (primary N) is 1. The molecule has 1 amide bonds. The zero-order chi connectivity index (χ0) is 16.8. The van der Waals surface area contributed by atoms with E-state index in [1.165, 1.54) is 24.3 Å². The van der Waals surface area contributed by atoms with E-state index in [2.05, 4.69) is 6.07 Å². The summed E-state index contributed by atoms with van der Waals surface area (Å²) in [5.41, 5.74) is 6.63. The Morgan fingerprint density at radius 2 is 2.00 bits per heavy atom. The second-order valence-electron chi connectivity index (χ2n) is 4.62. The Morgan fingerprint density at radius 1 is 1.30 bits per heavy atom. The van der Waals surface area contributed by atoms with Crippen LogP contribution in [0.2, 0.25) is 5.02 Å². The lowest BCUT2D eigenvalue weighted by molar-refractivity contribution is -0.119. The molecule has 0 unspecified atom stereocenters. The smallest absolute Gasteiger partial charge is 0.255 e. The van der Waals surface area contributed by atoms with Crippen molar-refractivity contribution in [1.29, 1.82) is 5.26 Å². The molecule has 0 radical (unpaired) electrons. The van der Waals surface area contributed by atoms with Gasteiger partial charge in [-0.1, -0.05) is 29.8 Å². The van der Waals surface area contributed by atoms with Gasteiger partial charge in [-0.15, -0.1) is 0 Å². The van der Waals surface area contributed by atoms with Crippen molar-refractivity contribution < 1.29 is 13.9 Å². The molecule has 0 saturated heterocycles. The maximum Gasteiger partial charge on any atom is 0.255 e. The van der Waals surface area contributed by atoms with Crippen molar-refractivity contribution in [3.05, 3.63) is 64.4 Å². The van der Waals surface area contributed by atoms with E-state index in [9.17, 15) is 14.4 Å². The summed E-state index contributed by atoms with van der Waals surface area (Å²) < 4.78 is 18.1. The number of benzene rings is 2. The number of ether oxygens (including phenoxy) is 1. The SMILES string of the molecule is N#CC(=Cc1ccc(OCC(N)=O)c(Cl)c1)c1ccc(F)cc1. The van der Waals surface area contributed by atoms with Gasteiger partial charge in [-0.05, 0) is 41.5 Å². The highest BCUT2D eigenvalue weighted by Crippen LogP contribution is 2.27. The van der Waals surface area contributed by atoms with Crippen LogP contribution in [0.5, 0.6) is 5.75 Å². The Balaban J connectivity index is 2.27. The average molecular weight is 331 g/mol. The Morgan fingerprint density at radius 3 is 2.57 bits per heavy atom. The van der Waals surface area contributed by atoms with Gasteiger partial charge in [0.15, 0.2) is 6.61 Å². The summed E-state index contributed by atoms with van der Waals surface area (Å²) in [5.74, 6) is -0.652. The molecule has 2 N–H and O–H groups in total. The molecule has 2 aromatic carbocycles. The molecular weight excluding hydrogens is 319 g/mol. The minimum Gasteiger partial charge on any atom is -0.482 e. The Hall–Kier alpha value is -2.84. The van der Waals surface area contributed by atoms with Crippen molar-refractivity contribution in [3.63, 3.8) is 0 Å². The molecule has 0 bridgehead atoms. The lowest BCUT2D eigenvalue weighted by Gasteiger charge is -2.07. The van der Waals surface area contributed by atoms with Crippen LogP contribution in [0.25, 0.3) is 11.6 Å². The van der Waals surface area contributed by atoms with Crippen LogP contribution in [0.15, 0.2) is 42.5 Å². The maximum absolute atomic E-state index is 12.9. The van der Waals surface area contributed by atoms with Crippen LogP contribution in [0, 0.1) is 17.1 Å². The van der Waals surface area contributed by atoms with E-state index >= 15 is 0 Å². The molecule has 2 rings (SSSR count). The van der Waals surface area contributed by atoms with Gasteiger partial charge >= 0.3 is 0 Å². The molecule has 0 aliphatic rings. The topological polar surface area (TPSA) is 76.1 Å². The maximum atomic E-state index is 12.9. The number of primary amides is 1. The van der Waals surface area contributed by atoms with Crippen LogP contribution >= 0.6 is 11.6 Å². The van der Waals surface area contributed by atoms with Crippen molar-refractivity contribution in [2.24, 2.45) is 5.73 Å². The Labute approximate surface area is 137 Å². The predicted molar refractivity (Wildman–Crippen MR) is 86.0 cm³/mol. The van der Waals surface area contributed by atoms with Gasteiger partial charge in [0.05, 0.1) is 16.7 Å². The van der Waals surface area contributed by atoms with E-state index in [1.807, 2.05) is 0 Å². The molecule has 23 heavy (non-hydrogen) atoms. The van der Waals surface area contributed by atoms with Crippen LogP contribution < -0.4 is 10.5 Å². The fourth-order valence-electron chi connectivity index (χ4n) is 1.85. The fourth-order valence-corrected chi connectivity index (χ4v) is 2.09. The first-order valence-corrected chi connectivity index (χ1v) is 6.96. The van der Waals surface area contributed by atoms with Crippen molar-refractivity contribution >= 4 is 29.2 Å². The zero-order valence-corrected chi connectivity index (χ0v) is 12.7. The molecule has 0 atom stereocenters. The number of halogens is 2. The predicted octanol–water partition coefficient (Wildman–Crippen LogP) is 3.41. The van der Waals surface area contributed by atoms with Crippen LogP contribution in [0.3, 0.4) is 0 Å². The van der Waals surface area contributed by atoms with Gasteiger partial charge in [0.1, 0.15) is 11.6 Å². The van der Waals surface area contributed by atoms with E-state index < -0.39 is 5.91 Å². The van der Waals surface area contributed by atoms with E-state index in [0.717, 1.165) is 0 Å². The first kappa shape index (κ1) is 16.5. The number of nitrogens with zero attached hydrogens (tertiary/aromatic N) is 1. The van der Waals surface area contributed by atoms with E-state index in [1.54, 1.807) is 24.3 Å². The highest BCUT2D eigenvalue weighted by molar-refractivity contribution is 6.32. The summed E-state index contributed by atoms with van der Waals surface area (Å²) in [4.78, 5) is 10.7. The first-order valence-electron chi connectivity index (χ1n) is 6.58. The lowest BCUT2D eigenvalue weighted by Crippen LogP contribution is -2.20. The summed E-state index contributed by atoms with van der Waals surface area (Å²) in [7, 11) is 0. The molecule has 4 nitrogen and oxygen atoms in total. The third-order valence-electron chi connectivity index (χ3n) is 2.91. The monoisotopic (exact) mass is 330 g/mol. The molecule has 0 fully saturated rings.